The van der Waals surface area contributed by atoms with Gasteiger partial charge in [0, 0.05) is 0 Å². The van der Waals surface area contributed by atoms with Crippen LogP contribution in [0.15, 0.2) is 30.3 Å². The van der Waals surface area contributed by atoms with Gasteiger partial charge in [0.15, 0.2) is 0 Å². The Kier molecular flexibility index (Phi) is 7.16. The third-order valence-electron chi connectivity index (χ3n) is 3.07. The number of unbranched alkanes of at least 4 members (excludes halogenated alkanes) is 2. The lowest BCUT2D eigenvalue weighted by Gasteiger charge is -2.16. The second-order valence-electron chi connectivity index (χ2n) is 4.68. The van der Waals surface area contributed by atoms with Gasteiger partial charge in [0.25, 0.3) is 0 Å². The van der Waals surface area contributed by atoms with E-state index >= 15 is 0 Å². The van der Waals surface area contributed by atoms with Crippen molar-refractivity contribution in [2.45, 2.75) is 58.5 Å². The molecule has 0 radical (unpaired) electrons. The monoisotopic (exact) mass is 248 g/mol. The molecule has 2 heteroatoms. The molecular weight excluding hydrogens is 224 g/mol. The SMILES string of the molecule is CCCCCC(CC)OC(=O)Cc1ccccc1. The van der Waals surface area contributed by atoms with Crippen molar-refractivity contribution in [1.82, 2.24) is 0 Å². The maximum Gasteiger partial charge on any atom is 0.310 e. The normalized spacial score (nSPS) is 12.1. The zero-order chi connectivity index (χ0) is 13.2. The summed E-state index contributed by atoms with van der Waals surface area (Å²) in [6, 6.07) is 9.76. The summed E-state index contributed by atoms with van der Waals surface area (Å²) in [6.45, 7) is 4.26. The Balaban J connectivity index is 2.33. The van der Waals surface area contributed by atoms with Gasteiger partial charge in [-0.25, -0.2) is 0 Å². The predicted molar refractivity (Wildman–Crippen MR) is 74.5 cm³/mol. The third-order valence-corrected chi connectivity index (χ3v) is 3.07. The summed E-state index contributed by atoms with van der Waals surface area (Å²) in [6.07, 6.45) is 5.93. The number of carbonyl (C=O) groups is 1. The first-order valence-electron chi connectivity index (χ1n) is 6.99. The zero-order valence-electron chi connectivity index (χ0n) is 11.5. The Labute approximate surface area is 110 Å². The predicted octanol–water partition coefficient (Wildman–Crippen LogP) is 4.13. The van der Waals surface area contributed by atoms with Crippen molar-refractivity contribution in [3.63, 3.8) is 0 Å². The highest BCUT2D eigenvalue weighted by Crippen LogP contribution is 2.11. The molecule has 1 rings (SSSR count). The summed E-state index contributed by atoms with van der Waals surface area (Å²) in [5.41, 5.74) is 1.02. The molecule has 0 saturated heterocycles. The van der Waals surface area contributed by atoms with E-state index in [1.165, 1.54) is 12.8 Å². The quantitative estimate of drug-likeness (QED) is 0.510. The van der Waals surface area contributed by atoms with E-state index in [1.807, 2.05) is 30.3 Å². The van der Waals surface area contributed by atoms with E-state index in [0.717, 1.165) is 24.8 Å². The van der Waals surface area contributed by atoms with Gasteiger partial charge in [-0.3, -0.25) is 4.79 Å². The van der Waals surface area contributed by atoms with Crippen LogP contribution in [0, 0.1) is 0 Å². The molecule has 0 N–H and O–H groups in total. The summed E-state index contributed by atoms with van der Waals surface area (Å²) in [5.74, 6) is -0.107. The van der Waals surface area contributed by atoms with Gasteiger partial charge >= 0.3 is 5.97 Å². The molecule has 0 fully saturated rings. The maximum absolute atomic E-state index is 11.8. The fraction of sp³-hybridized carbons (Fsp3) is 0.562. The zero-order valence-corrected chi connectivity index (χ0v) is 11.5. The van der Waals surface area contributed by atoms with Crippen LogP contribution < -0.4 is 0 Å². The number of benzene rings is 1. The summed E-state index contributed by atoms with van der Waals surface area (Å²) in [7, 11) is 0. The molecule has 0 amide bonds. The maximum atomic E-state index is 11.8. The van der Waals surface area contributed by atoms with E-state index in [-0.39, 0.29) is 12.1 Å². The second kappa shape index (κ2) is 8.73. The Hall–Kier alpha value is -1.31. The average molecular weight is 248 g/mol. The van der Waals surface area contributed by atoms with Crippen molar-refractivity contribution in [3.8, 4) is 0 Å². The van der Waals surface area contributed by atoms with Crippen LogP contribution in [0.2, 0.25) is 0 Å². The molecule has 0 aromatic heterocycles. The van der Waals surface area contributed by atoms with E-state index in [0.29, 0.717) is 6.42 Å². The molecule has 0 saturated carbocycles. The van der Waals surface area contributed by atoms with Gasteiger partial charge in [-0.05, 0) is 24.8 Å². The first-order chi connectivity index (χ1) is 8.76. The fourth-order valence-corrected chi connectivity index (χ4v) is 1.96. The standard InChI is InChI=1S/C16H24O2/c1-3-5-7-12-15(4-2)18-16(17)13-14-10-8-6-9-11-14/h6,8-11,15H,3-5,7,12-13H2,1-2H3. The fourth-order valence-electron chi connectivity index (χ4n) is 1.96. The number of esters is 1. The van der Waals surface area contributed by atoms with Crippen LogP contribution in [-0.4, -0.2) is 12.1 Å². The van der Waals surface area contributed by atoms with Crippen LogP contribution >= 0.6 is 0 Å². The van der Waals surface area contributed by atoms with Crippen molar-refractivity contribution in [3.05, 3.63) is 35.9 Å². The lowest BCUT2D eigenvalue weighted by Crippen LogP contribution is -2.18. The summed E-state index contributed by atoms with van der Waals surface area (Å²) < 4.78 is 5.51. The smallest absolute Gasteiger partial charge is 0.310 e. The number of carbonyl (C=O) groups excluding carboxylic acids is 1. The average Bonchev–Trinajstić information content (AvgIpc) is 2.39. The largest absolute Gasteiger partial charge is 0.462 e. The molecule has 0 bridgehead atoms. The lowest BCUT2D eigenvalue weighted by atomic mass is 10.1. The Bertz CT molecular complexity index is 332. The van der Waals surface area contributed by atoms with E-state index in [1.54, 1.807) is 0 Å². The van der Waals surface area contributed by atoms with Crippen molar-refractivity contribution >= 4 is 5.97 Å². The first kappa shape index (κ1) is 14.7. The lowest BCUT2D eigenvalue weighted by molar-refractivity contribution is -0.148. The van der Waals surface area contributed by atoms with Gasteiger partial charge in [0.1, 0.15) is 6.10 Å². The Morgan fingerprint density at radius 1 is 1.17 bits per heavy atom. The topological polar surface area (TPSA) is 26.3 Å². The van der Waals surface area contributed by atoms with Crippen molar-refractivity contribution in [1.29, 1.82) is 0 Å². The molecule has 0 aliphatic heterocycles. The van der Waals surface area contributed by atoms with Gasteiger partial charge in [-0.1, -0.05) is 57.0 Å². The second-order valence-corrected chi connectivity index (χ2v) is 4.68. The van der Waals surface area contributed by atoms with Crippen molar-refractivity contribution in [2.24, 2.45) is 0 Å². The summed E-state index contributed by atoms with van der Waals surface area (Å²) in [5, 5.41) is 0. The van der Waals surface area contributed by atoms with Gasteiger partial charge in [-0.2, -0.15) is 0 Å². The van der Waals surface area contributed by atoms with Crippen molar-refractivity contribution in [2.75, 3.05) is 0 Å². The van der Waals surface area contributed by atoms with E-state index in [4.69, 9.17) is 4.74 Å². The molecule has 0 aliphatic carbocycles. The van der Waals surface area contributed by atoms with Gasteiger partial charge in [-0.15, -0.1) is 0 Å². The van der Waals surface area contributed by atoms with Gasteiger partial charge < -0.3 is 4.74 Å². The highest BCUT2D eigenvalue weighted by molar-refractivity contribution is 5.72. The molecular formula is C16H24O2. The molecule has 1 unspecified atom stereocenters. The molecule has 0 heterocycles. The minimum Gasteiger partial charge on any atom is -0.462 e. The number of hydrogen-bond acceptors (Lipinski definition) is 2. The van der Waals surface area contributed by atoms with Crippen LogP contribution in [0.4, 0.5) is 0 Å². The molecule has 100 valence electrons. The molecule has 2 nitrogen and oxygen atoms in total. The van der Waals surface area contributed by atoms with Gasteiger partial charge in [0.05, 0.1) is 6.42 Å². The minimum atomic E-state index is -0.107. The highest BCUT2D eigenvalue weighted by atomic mass is 16.5. The molecule has 1 aromatic carbocycles. The Morgan fingerprint density at radius 3 is 2.50 bits per heavy atom. The minimum absolute atomic E-state index is 0.0905. The number of ether oxygens (including phenoxy) is 1. The molecule has 1 aromatic rings. The van der Waals surface area contributed by atoms with Crippen molar-refractivity contribution < 1.29 is 9.53 Å². The van der Waals surface area contributed by atoms with E-state index in [9.17, 15) is 4.79 Å². The van der Waals surface area contributed by atoms with E-state index in [2.05, 4.69) is 13.8 Å². The first-order valence-corrected chi connectivity index (χ1v) is 6.99. The van der Waals surface area contributed by atoms with Crippen LogP contribution in [0.25, 0.3) is 0 Å². The van der Waals surface area contributed by atoms with Crippen LogP contribution in [-0.2, 0) is 16.0 Å². The molecule has 18 heavy (non-hydrogen) atoms. The molecule has 0 aliphatic rings. The number of rotatable bonds is 8. The Morgan fingerprint density at radius 2 is 1.89 bits per heavy atom. The summed E-state index contributed by atoms with van der Waals surface area (Å²) in [4.78, 5) is 11.8. The van der Waals surface area contributed by atoms with Crippen LogP contribution in [0.3, 0.4) is 0 Å². The molecule has 0 spiro atoms. The van der Waals surface area contributed by atoms with Crippen LogP contribution in [0.5, 0.6) is 0 Å². The number of hydrogen-bond donors (Lipinski definition) is 0. The van der Waals surface area contributed by atoms with Crippen LogP contribution in [0.1, 0.15) is 51.5 Å². The molecule has 1 atom stereocenters. The third kappa shape index (κ3) is 5.85. The van der Waals surface area contributed by atoms with Gasteiger partial charge in [0.2, 0.25) is 0 Å². The summed E-state index contributed by atoms with van der Waals surface area (Å²) >= 11 is 0. The highest BCUT2D eigenvalue weighted by Gasteiger charge is 2.12. The van der Waals surface area contributed by atoms with E-state index < -0.39 is 0 Å².